The summed E-state index contributed by atoms with van der Waals surface area (Å²) < 4.78 is 5.30. The molecule has 0 amide bonds. The Hall–Kier alpha value is -0.135. The summed E-state index contributed by atoms with van der Waals surface area (Å²) in [4.78, 5) is 2.34. The van der Waals surface area contributed by atoms with Gasteiger partial charge in [0.1, 0.15) is 0 Å². The van der Waals surface area contributed by atoms with Crippen molar-refractivity contribution in [2.75, 3.05) is 32.8 Å². The second-order valence-electron chi connectivity index (χ2n) is 5.27. The maximum atomic E-state index is 8.75. The molecule has 6 heteroatoms. The van der Waals surface area contributed by atoms with Crippen LogP contribution < -0.4 is 5.73 Å². The number of rotatable bonds is 7. The number of nitrogens with zero attached hydrogens (tertiary/aromatic N) is 1. The van der Waals surface area contributed by atoms with Crippen LogP contribution in [0.1, 0.15) is 26.2 Å². The molecule has 0 aromatic heterocycles. The molecule has 1 aliphatic rings. The molecule has 1 unspecified atom stereocenters. The van der Waals surface area contributed by atoms with Crippen LogP contribution in [-0.2, 0) is 4.74 Å². The predicted molar refractivity (Wildman–Crippen MR) is 68.7 cm³/mol. The zero-order chi connectivity index (χ0) is 12.7. The average Bonchev–Trinajstić information content (AvgIpc) is 2.25. The molecule has 1 fully saturated rings. The number of unbranched alkanes of at least 4 members (excludes halogenated alkanes) is 1. The molecule has 4 N–H and O–H groups in total. The van der Waals surface area contributed by atoms with Gasteiger partial charge >= 0.3 is 7.12 Å². The van der Waals surface area contributed by atoms with Gasteiger partial charge in [0.15, 0.2) is 0 Å². The number of hydrogen-bond donors (Lipinski definition) is 3. The molecule has 0 aromatic rings. The smallest absolute Gasteiger partial charge is 0.427 e. The van der Waals surface area contributed by atoms with E-state index in [9.17, 15) is 0 Å². The molecule has 0 aliphatic carbocycles. The summed E-state index contributed by atoms with van der Waals surface area (Å²) in [5, 5.41) is 17.5. The summed E-state index contributed by atoms with van der Waals surface area (Å²) in [6, 6.07) is 0. The highest BCUT2D eigenvalue weighted by molar-refractivity contribution is 6.40. The van der Waals surface area contributed by atoms with Crippen molar-refractivity contribution in [2.45, 2.75) is 38.0 Å². The lowest BCUT2D eigenvalue weighted by atomic mass is 9.82. The van der Waals surface area contributed by atoms with Crippen LogP contribution >= 0.6 is 0 Å². The van der Waals surface area contributed by atoms with Gasteiger partial charge < -0.3 is 20.5 Å². The van der Waals surface area contributed by atoms with Crippen LogP contribution in [0.5, 0.6) is 0 Å². The molecule has 0 bridgehead atoms. The Morgan fingerprint density at radius 1 is 1.29 bits per heavy atom. The minimum Gasteiger partial charge on any atom is -0.427 e. The lowest BCUT2D eigenvalue weighted by Gasteiger charge is -2.34. The Morgan fingerprint density at radius 3 is 2.53 bits per heavy atom. The van der Waals surface area contributed by atoms with E-state index in [-0.39, 0.29) is 5.54 Å². The minimum atomic E-state index is -1.18. The van der Waals surface area contributed by atoms with E-state index in [1.54, 1.807) is 0 Å². The summed E-state index contributed by atoms with van der Waals surface area (Å²) in [5.74, 6) is 0. The van der Waals surface area contributed by atoms with Crippen molar-refractivity contribution in [1.29, 1.82) is 0 Å². The minimum absolute atomic E-state index is 0.197. The quantitative estimate of drug-likeness (QED) is 0.422. The van der Waals surface area contributed by atoms with Gasteiger partial charge in [0.2, 0.25) is 0 Å². The summed E-state index contributed by atoms with van der Waals surface area (Å²) in [6.45, 7) is 6.47. The summed E-state index contributed by atoms with van der Waals surface area (Å²) in [7, 11) is -1.18. The summed E-state index contributed by atoms with van der Waals surface area (Å²) >= 11 is 0. The standard InChI is InChI=1S/C11H25BN2O3/c1-11(13,4-2-3-5-12(15)16)10-14-6-8-17-9-7-14/h15-16H,2-10,13H2,1H3. The van der Waals surface area contributed by atoms with Crippen LogP contribution in [0, 0.1) is 0 Å². The third-order valence-corrected chi connectivity index (χ3v) is 3.15. The highest BCUT2D eigenvalue weighted by Gasteiger charge is 2.23. The number of morpholine rings is 1. The van der Waals surface area contributed by atoms with Crippen LogP contribution in [0.25, 0.3) is 0 Å². The van der Waals surface area contributed by atoms with Crippen molar-refractivity contribution in [3.8, 4) is 0 Å². The number of hydrogen-bond acceptors (Lipinski definition) is 5. The first-order valence-corrected chi connectivity index (χ1v) is 6.45. The van der Waals surface area contributed by atoms with Gasteiger partial charge in [-0.1, -0.05) is 12.8 Å². The fourth-order valence-corrected chi connectivity index (χ4v) is 2.20. The number of ether oxygens (including phenoxy) is 1. The molecule has 0 aromatic carbocycles. The normalized spacial score (nSPS) is 21.2. The van der Waals surface area contributed by atoms with Gasteiger partial charge in [0.05, 0.1) is 13.2 Å². The Balaban J connectivity index is 2.15. The Bertz CT molecular complexity index is 209. The van der Waals surface area contributed by atoms with E-state index in [4.69, 9.17) is 20.5 Å². The number of nitrogens with two attached hydrogens (primary N) is 1. The van der Waals surface area contributed by atoms with Gasteiger partial charge in [-0.3, -0.25) is 4.90 Å². The van der Waals surface area contributed by atoms with Crippen molar-refractivity contribution in [2.24, 2.45) is 5.73 Å². The largest absolute Gasteiger partial charge is 0.451 e. The van der Waals surface area contributed by atoms with Gasteiger partial charge in [0, 0.05) is 25.2 Å². The van der Waals surface area contributed by atoms with Crippen molar-refractivity contribution in [3.63, 3.8) is 0 Å². The SMILES string of the molecule is CC(N)(CCCCB(O)O)CN1CCOCC1. The predicted octanol–water partition coefficient (Wildman–Crippen LogP) is -0.321. The van der Waals surface area contributed by atoms with Crippen LogP contribution in [-0.4, -0.2) is 60.5 Å². The molecule has 1 saturated heterocycles. The van der Waals surface area contributed by atoms with Gasteiger partial charge in [-0.2, -0.15) is 0 Å². The Kier molecular flexibility index (Phi) is 6.44. The molecule has 0 spiro atoms. The van der Waals surface area contributed by atoms with Crippen molar-refractivity contribution in [1.82, 2.24) is 4.90 Å². The molecular formula is C11H25BN2O3. The molecule has 0 radical (unpaired) electrons. The van der Waals surface area contributed by atoms with E-state index < -0.39 is 7.12 Å². The first kappa shape index (κ1) is 14.9. The first-order valence-electron chi connectivity index (χ1n) is 6.45. The fourth-order valence-electron chi connectivity index (χ4n) is 2.20. The maximum Gasteiger partial charge on any atom is 0.451 e. The molecule has 1 aliphatic heterocycles. The third kappa shape index (κ3) is 7.01. The third-order valence-electron chi connectivity index (χ3n) is 3.15. The zero-order valence-corrected chi connectivity index (χ0v) is 10.8. The summed E-state index contributed by atoms with van der Waals surface area (Å²) in [6.07, 6.45) is 3.10. The van der Waals surface area contributed by atoms with Gasteiger partial charge in [-0.05, 0) is 19.7 Å². The van der Waals surface area contributed by atoms with E-state index >= 15 is 0 Å². The van der Waals surface area contributed by atoms with E-state index in [0.29, 0.717) is 6.32 Å². The molecule has 5 nitrogen and oxygen atoms in total. The molecule has 0 saturated carbocycles. The maximum absolute atomic E-state index is 8.75. The van der Waals surface area contributed by atoms with E-state index in [0.717, 1.165) is 52.1 Å². The lowest BCUT2D eigenvalue weighted by molar-refractivity contribution is 0.0280. The van der Waals surface area contributed by atoms with Crippen molar-refractivity contribution < 1.29 is 14.8 Å². The van der Waals surface area contributed by atoms with Crippen molar-refractivity contribution >= 4 is 7.12 Å². The van der Waals surface area contributed by atoms with Crippen LogP contribution in [0.4, 0.5) is 0 Å². The molecule has 1 atom stereocenters. The van der Waals surface area contributed by atoms with Crippen LogP contribution in [0.15, 0.2) is 0 Å². The van der Waals surface area contributed by atoms with Gasteiger partial charge in [0.25, 0.3) is 0 Å². The monoisotopic (exact) mass is 244 g/mol. The van der Waals surface area contributed by atoms with Crippen molar-refractivity contribution in [3.05, 3.63) is 0 Å². The van der Waals surface area contributed by atoms with Crippen LogP contribution in [0.3, 0.4) is 0 Å². The Labute approximate surface area is 104 Å². The van der Waals surface area contributed by atoms with Crippen LogP contribution in [0.2, 0.25) is 6.32 Å². The Morgan fingerprint density at radius 2 is 1.94 bits per heavy atom. The van der Waals surface area contributed by atoms with E-state index in [2.05, 4.69) is 11.8 Å². The highest BCUT2D eigenvalue weighted by Crippen LogP contribution is 2.15. The lowest BCUT2D eigenvalue weighted by Crippen LogP contribution is -2.50. The average molecular weight is 244 g/mol. The fraction of sp³-hybridized carbons (Fsp3) is 1.00. The first-order chi connectivity index (χ1) is 7.99. The summed E-state index contributed by atoms with van der Waals surface area (Å²) in [5.41, 5.74) is 6.06. The highest BCUT2D eigenvalue weighted by atomic mass is 16.5. The van der Waals surface area contributed by atoms with Gasteiger partial charge in [-0.25, -0.2) is 0 Å². The second-order valence-corrected chi connectivity index (χ2v) is 5.27. The van der Waals surface area contributed by atoms with Gasteiger partial charge in [-0.15, -0.1) is 0 Å². The molecule has 17 heavy (non-hydrogen) atoms. The topological polar surface area (TPSA) is 79.0 Å². The zero-order valence-electron chi connectivity index (χ0n) is 10.8. The van der Waals surface area contributed by atoms with E-state index in [1.165, 1.54) is 0 Å². The molecule has 1 rings (SSSR count). The molecule has 100 valence electrons. The van der Waals surface area contributed by atoms with E-state index in [1.807, 2.05) is 0 Å². The molecule has 1 heterocycles. The second kappa shape index (κ2) is 7.33. The molecular weight excluding hydrogens is 219 g/mol.